The highest BCUT2D eigenvalue weighted by atomic mass is 16.3. The maximum atomic E-state index is 10.7. The molecule has 4 N–H and O–H groups in total. The minimum absolute atomic E-state index is 0.427. The quantitative estimate of drug-likeness (QED) is 0.667. The number of nitrogens with zero attached hydrogens (tertiary/aromatic N) is 1. The van der Waals surface area contributed by atoms with Gasteiger partial charge in [0.1, 0.15) is 5.76 Å². The van der Waals surface area contributed by atoms with E-state index in [0.29, 0.717) is 13.1 Å². The zero-order valence-electron chi connectivity index (χ0n) is 8.14. The number of rotatable bonds is 5. The molecule has 0 aliphatic rings. The van der Waals surface area contributed by atoms with E-state index in [4.69, 9.17) is 15.9 Å². The number of hydrogen-bond acceptors (Lipinski definition) is 4. The highest BCUT2D eigenvalue weighted by Gasteiger charge is 2.12. The van der Waals surface area contributed by atoms with E-state index in [1.54, 1.807) is 6.26 Å². The van der Waals surface area contributed by atoms with Crippen LogP contribution in [0.5, 0.6) is 0 Å². The smallest absolute Gasteiger partial charge is 0.235 e. The molecule has 1 atom stereocenters. The third-order valence-corrected chi connectivity index (χ3v) is 1.88. The molecule has 1 heterocycles. The Morgan fingerprint density at radius 1 is 1.71 bits per heavy atom. The molecule has 0 saturated carbocycles. The molecule has 5 nitrogen and oxygen atoms in total. The van der Waals surface area contributed by atoms with Crippen LogP contribution in [0.1, 0.15) is 5.76 Å². The monoisotopic (exact) mass is 197 g/mol. The number of carbonyl (C=O) groups excluding carboxylic acids is 1. The first kappa shape index (κ1) is 10.7. The molecule has 1 unspecified atom stereocenters. The van der Waals surface area contributed by atoms with Crippen molar-refractivity contribution in [1.29, 1.82) is 0 Å². The fraction of sp³-hybridized carbons (Fsp3) is 0.444. The third kappa shape index (κ3) is 3.20. The van der Waals surface area contributed by atoms with Crippen molar-refractivity contribution in [2.24, 2.45) is 11.5 Å². The largest absolute Gasteiger partial charge is 0.468 e. The molecule has 1 aromatic heterocycles. The second-order valence-corrected chi connectivity index (χ2v) is 3.28. The van der Waals surface area contributed by atoms with Crippen molar-refractivity contribution in [2.75, 3.05) is 13.6 Å². The second-order valence-electron chi connectivity index (χ2n) is 3.28. The molecule has 14 heavy (non-hydrogen) atoms. The summed E-state index contributed by atoms with van der Waals surface area (Å²) < 4.78 is 5.15. The fourth-order valence-electron chi connectivity index (χ4n) is 1.16. The third-order valence-electron chi connectivity index (χ3n) is 1.88. The number of primary amides is 1. The van der Waals surface area contributed by atoms with Crippen LogP contribution >= 0.6 is 0 Å². The molecule has 0 saturated heterocycles. The van der Waals surface area contributed by atoms with Gasteiger partial charge >= 0.3 is 0 Å². The van der Waals surface area contributed by atoms with Gasteiger partial charge in [-0.15, -0.1) is 0 Å². The summed E-state index contributed by atoms with van der Waals surface area (Å²) in [6.07, 6.45) is 1.61. The summed E-state index contributed by atoms with van der Waals surface area (Å²) in [6, 6.07) is 3.05. The molecule has 1 amide bonds. The van der Waals surface area contributed by atoms with E-state index in [1.165, 1.54) is 0 Å². The highest BCUT2D eigenvalue weighted by molar-refractivity contribution is 5.79. The molecule has 78 valence electrons. The molecule has 0 bridgehead atoms. The zero-order valence-corrected chi connectivity index (χ0v) is 8.14. The van der Waals surface area contributed by atoms with Gasteiger partial charge < -0.3 is 15.9 Å². The number of hydrogen-bond donors (Lipinski definition) is 2. The topological polar surface area (TPSA) is 85.5 Å². The summed E-state index contributed by atoms with van der Waals surface area (Å²) in [5, 5.41) is 0. The number of carbonyl (C=O) groups is 1. The maximum Gasteiger partial charge on any atom is 0.235 e. The fourth-order valence-corrected chi connectivity index (χ4v) is 1.16. The van der Waals surface area contributed by atoms with Gasteiger partial charge in [0.25, 0.3) is 0 Å². The first-order valence-corrected chi connectivity index (χ1v) is 4.35. The van der Waals surface area contributed by atoms with Gasteiger partial charge in [0.2, 0.25) is 5.91 Å². The van der Waals surface area contributed by atoms with Crippen LogP contribution in [0.25, 0.3) is 0 Å². The average molecular weight is 197 g/mol. The Balaban J connectivity index is 2.36. The van der Waals surface area contributed by atoms with Crippen LogP contribution in [0, 0.1) is 0 Å². The average Bonchev–Trinajstić information content (AvgIpc) is 2.56. The van der Waals surface area contributed by atoms with Crippen LogP contribution < -0.4 is 11.5 Å². The summed E-state index contributed by atoms with van der Waals surface area (Å²) in [5.41, 5.74) is 10.5. The first-order valence-electron chi connectivity index (χ1n) is 4.35. The minimum Gasteiger partial charge on any atom is -0.468 e. The van der Waals surface area contributed by atoms with Crippen molar-refractivity contribution in [3.63, 3.8) is 0 Å². The number of amides is 1. The first-order chi connectivity index (χ1) is 6.59. The molecule has 1 aromatic rings. The van der Waals surface area contributed by atoms with Gasteiger partial charge in [0, 0.05) is 6.54 Å². The van der Waals surface area contributed by atoms with Crippen molar-refractivity contribution < 1.29 is 9.21 Å². The van der Waals surface area contributed by atoms with E-state index < -0.39 is 11.9 Å². The normalized spacial score (nSPS) is 13.1. The van der Waals surface area contributed by atoms with Crippen molar-refractivity contribution in [3.05, 3.63) is 24.2 Å². The molecular formula is C9H15N3O2. The van der Waals surface area contributed by atoms with Crippen molar-refractivity contribution in [2.45, 2.75) is 12.6 Å². The van der Waals surface area contributed by atoms with Crippen molar-refractivity contribution in [1.82, 2.24) is 4.90 Å². The minimum atomic E-state index is -0.630. The van der Waals surface area contributed by atoms with Crippen molar-refractivity contribution >= 4 is 5.91 Å². The lowest BCUT2D eigenvalue weighted by atomic mass is 10.3. The Morgan fingerprint density at radius 3 is 2.93 bits per heavy atom. The molecular weight excluding hydrogens is 182 g/mol. The molecule has 0 aromatic carbocycles. The van der Waals surface area contributed by atoms with Crippen LogP contribution in [0.4, 0.5) is 0 Å². The summed E-state index contributed by atoms with van der Waals surface area (Å²) >= 11 is 0. The van der Waals surface area contributed by atoms with Gasteiger partial charge in [-0.2, -0.15) is 0 Å². The van der Waals surface area contributed by atoms with Gasteiger partial charge in [-0.3, -0.25) is 9.69 Å². The Labute approximate surface area is 82.7 Å². The summed E-state index contributed by atoms with van der Waals surface area (Å²) in [4.78, 5) is 12.6. The maximum absolute atomic E-state index is 10.7. The van der Waals surface area contributed by atoms with Gasteiger partial charge in [-0.05, 0) is 19.2 Å². The van der Waals surface area contributed by atoms with Gasteiger partial charge in [-0.1, -0.05) is 0 Å². The Hall–Kier alpha value is -1.33. The predicted molar refractivity (Wildman–Crippen MR) is 52.2 cm³/mol. The highest BCUT2D eigenvalue weighted by Crippen LogP contribution is 2.03. The summed E-state index contributed by atoms with van der Waals surface area (Å²) in [7, 11) is 1.85. The van der Waals surface area contributed by atoms with E-state index >= 15 is 0 Å². The van der Waals surface area contributed by atoms with E-state index in [9.17, 15) is 4.79 Å². The van der Waals surface area contributed by atoms with E-state index in [-0.39, 0.29) is 0 Å². The number of nitrogens with two attached hydrogens (primary N) is 2. The predicted octanol–water partition coefficient (Wildman–Crippen LogP) is -0.476. The van der Waals surface area contributed by atoms with Gasteiger partial charge in [0.05, 0.1) is 18.8 Å². The lowest BCUT2D eigenvalue weighted by Crippen LogP contribution is -2.44. The van der Waals surface area contributed by atoms with Gasteiger partial charge in [0.15, 0.2) is 0 Å². The Bertz CT molecular complexity index is 284. The molecule has 1 rings (SSSR count). The summed E-state index contributed by atoms with van der Waals surface area (Å²) in [6.45, 7) is 1.05. The number of likely N-dealkylation sites (N-methyl/N-ethyl adjacent to an activating group) is 1. The zero-order chi connectivity index (χ0) is 10.6. The van der Waals surface area contributed by atoms with E-state index in [2.05, 4.69) is 0 Å². The van der Waals surface area contributed by atoms with Crippen molar-refractivity contribution in [3.8, 4) is 0 Å². The Kier molecular flexibility index (Phi) is 3.67. The second kappa shape index (κ2) is 4.78. The molecule has 0 spiro atoms. The molecule has 0 fully saturated rings. The molecule has 0 aliphatic carbocycles. The van der Waals surface area contributed by atoms with E-state index in [0.717, 1.165) is 5.76 Å². The van der Waals surface area contributed by atoms with E-state index in [1.807, 2.05) is 24.1 Å². The standard InChI is InChI=1S/C9H15N3O2/c1-12(6-8(10)9(11)13)5-7-3-2-4-14-7/h2-4,8H,5-6,10H2,1H3,(H2,11,13). The molecule has 0 radical (unpaired) electrons. The SMILES string of the molecule is CN(Cc1ccco1)CC(N)C(N)=O. The lowest BCUT2D eigenvalue weighted by Gasteiger charge is -2.17. The van der Waals surface area contributed by atoms with Crippen LogP contribution in [0.2, 0.25) is 0 Å². The van der Waals surface area contributed by atoms with Crippen LogP contribution in [0.15, 0.2) is 22.8 Å². The Morgan fingerprint density at radius 2 is 2.43 bits per heavy atom. The molecule has 5 heteroatoms. The van der Waals surface area contributed by atoms with Crippen LogP contribution in [-0.4, -0.2) is 30.4 Å². The number of furan rings is 1. The van der Waals surface area contributed by atoms with Crippen LogP contribution in [0.3, 0.4) is 0 Å². The van der Waals surface area contributed by atoms with Gasteiger partial charge in [-0.25, -0.2) is 0 Å². The summed E-state index contributed by atoms with van der Waals surface area (Å²) in [5.74, 6) is 0.348. The van der Waals surface area contributed by atoms with Crippen LogP contribution in [-0.2, 0) is 11.3 Å². The molecule has 0 aliphatic heterocycles. The lowest BCUT2D eigenvalue weighted by molar-refractivity contribution is -0.119.